The van der Waals surface area contributed by atoms with E-state index in [1.54, 1.807) is 9.00 Å². The Hall–Kier alpha value is -1.29. The van der Waals surface area contributed by atoms with E-state index in [1.807, 2.05) is 22.7 Å². The summed E-state index contributed by atoms with van der Waals surface area (Å²) in [5.41, 5.74) is 4.57. The van der Waals surface area contributed by atoms with Crippen molar-refractivity contribution < 1.29 is 0 Å². The van der Waals surface area contributed by atoms with E-state index >= 15 is 0 Å². The Balaban J connectivity index is 0.000000262. The lowest BCUT2D eigenvalue weighted by molar-refractivity contribution is 0.837. The van der Waals surface area contributed by atoms with Crippen LogP contribution >= 0.6 is 45.3 Å². The monoisotopic (exact) mass is 692 g/mol. The number of fused-ring (bicyclic) bond motifs is 4. The molecule has 0 spiro atoms. The Bertz CT molecular complexity index is 1590. The molecule has 0 aliphatic carbocycles. The third-order valence-electron chi connectivity index (χ3n) is 10.8. The average molecular weight is 693 g/mol. The number of rotatable bonds is 8. The van der Waals surface area contributed by atoms with Gasteiger partial charge in [-0.1, -0.05) is 83.1 Å². The third-order valence-corrected chi connectivity index (χ3v) is 30.5. The molecule has 0 radical (unpaired) electrons. The number of hydrogen-bond acceptors (Lipinski definition) is 4. The lowest BCUT2D eigenvalue weighted by atomic mass is 10.2. The average Bonchev–Trinajstić information content (AvgIpc) is 3.71. The summed E-state index contributed by atoms with van der Waals surface area (Å²) < 4.78 is 9.23. The van der Waals surface area contributed by atoms with Crippen molar-refractivity contribution in [2.75, 3.05) is 0 Å². The minimum Gasteiger partial charge on any atom is -0.145 e. The highest BCUT2D eigenvalue weighted by molar-refractivity contribution is 7.34. The van der Waals surface area contributed by atoms with Crippen molar-refractivity contribution >= 4 is 111 Å². The first kappa shape index (κ1) is 34.1. The second-order valence-corrected chi connectivity index (χ2v) is 31.2. The molecule has 0 nitrogen and oxygen atoms in total. The summed E-state index contributed by atoms with van der Waals surface area (Å²) in [4.78, 5) is 0. The molecule has 6 heteroatoms. The van der Waals surface area contributed by atoms with Crippen LogP contribution in [0.2, 0.25) is 33.2 Å². The Morgan fingerprint density at radius 3 is 0.977 bits per heavy atom. The summed E-state index contributed by atoms with van der Waals surface area (Å²) in [6, 6.07) is 19.2. The normalized spacial score (nSPS) is 13.3. The van der Waals surface area contributed by atoms with Crippen molar-refractivity contribution in [3.05, 3.63) is 59.3 Å². The summed E-state index contributed by atoms with van der Waals surface area (Å²) in [6.07, 6.45) is 0. The molecule has 236 valence electrons. The van der Waals surface area contributed by atoms with Crippen molar-refractivity contribution in [3.8, 4) is 0 Å². The maximum atomic E-state index is 2.60. The van der Waals surface area contributed by atoms with Crippen molar-refractivity contribution in [2.45, 2.75) is 116 Å². The van der Waals surface area contributed by atoms with Gasteiger partial charge in [-0.05, 0) is 123 Å². The molecule has 0 aliphatic rings. The number of benzene rings is 2. The Morgan fingerprint density at radius 1 is 0.386 bits per heavy atom. The molecule has 0 saturated carbocycles. The Kier molecular flexibility index (Phi) is 10.1. The molecular formula is C38H52S4Si2. The molecule has 0 N–H and O–H groups in total. The van der Waals surface area contributed by atoms with Gasteiger partial charge in [0.1, 0.15) is 16.1 Å². The molecule has 44 heavy (non-hydrogen) atoms. The van der Waals surface area contributed by atoms with Crippen LogP contribution in [0.25, 0.3) is 40.3 Å². The highest BCUT2D eigenvalue weighted by atomic mass is 32.1. The van der Waals surface area contributed by atoms with E-state index in [4.69, 9.17) is 0 Å². The first-order valence-corrected chi connectivity index (χ1v) is 24.4. The molecule has 0 atom stereocenters. The highest BCUT2D eigenvalue weighted by Gasteiger charge is 2.47. The Morgan fingerprint density at radius 2 is 0.682 bits per heavy atom. The zero-order chi connectivity index (χ0) is 32.1. The second kappa shape index (κ2) is 13.1. The van der Waals surface area contributed by atoms with Crippen LogP contribution in [0.3, 0.4) is 0 Å². The van der Waals surface area contributed by atoms with Crippen LogP contribution in [0.4, 0.5) is 0 Å². The number of thiophene rings is 4. The van der Waals surface area contributed by atoms with Gasteiger partial charge in [-0.3, -0.25) is 0 Å². The topological polar surface area (TPSA) is 0 Å². The largest absolute Gasteiger partial charge is 0.145 e. The van der Waals surface area contributed by atoms with Gasteiger partial charge in [-0.15, -0.1) is 45.3 Å². The molecule has 0 saturated heterocycles. The molecule has 6 rings (SSSR count). The summed E-state index contributed by atoms with van der Waals surface area (Å²) in [5.74, 6) is 0. The molecule has 4 aromatic heterocycles. The van der Waals surface area contributed by atoms with Crippen LogP contribution in [0.5, 0.6) is 0 Å². The van der Waals surface area contributed by atoms with Crippen molar-refractivity contribution in [1.29, 1.82) is 0 Å². The van der Waals surface area contributed by atoms with Crippen LogP contribution in [0.15, 0.2) is 59.3 Å². The van der Waals surface area contributed by atoms with Crippen LogP contribution in [-0.4, -0.2) is 16.1 Å². The van der Waals surface area contributed by atoms with Gasteiger partial charge in [0.15, 0.2) is 0 Å². The SMILES string of the molecule is CC(C)[Si](c1cc2cc3sc([Si](C(C)C)(C(C)C)C(C)C)cc3cc2s1)(C(C)C)C(C)C.c1cc2cc3sccc3cc2s1. The summed E-state index contributed by atoms with van der Waals surface area (Å²) >= 11 is 7.86. The van der Waals surface area contributed by atoms with Gasteiger partial charge in [-0.25, -0.2) is 0 Å². The molecule has 2 aromatic carbocycles. The first-order valence-electron chi connectivity index (χ1n) is 16.6. The van der Waals surface area contributed by atoms with Gasteiger partial charge >= 0.3 is 0 Å². The summed E-state index contributed by atoms with van der Waals surface area (Å²) in [6.45, 7) is 29.8. The van der Waals surface area contributed by atoms with Gasteiger partial charge in [0.05, 0.1) is 0 Å². The zero-order valence-corrected chi connectivity index (χ0v) is 34.1. The molecule has 6 aromatic rings. The molecule has 4 heterocycles. The summed E-state index contributed by atoms with van der Waals surface area (Å²) in [5, 5.41) is 10.00. The smallest absolute Gasteiger partial charge is 0.107 e. The molecular weight excluding hydrogens is 641 g/mol. The predicted molar refractivity (Wildman–Crippen MR) is 216 cm³/mol. The minimum absolute atomic E-state index is 0.762. The van der Waals surface area contributed by atoms with Crippen LogP contribution < -0.4 is 9.00 Å². The van der Waals surface area contributed by atoms with E-state index in [0.717, 1.165) is 33.2 Å². The highest BCUT2D eigenvalue weighted by Crippen LogP contribution is 2.45. The minimum atomic E-state index is -1.60. The Labute approximate surface area is 284 Å². The van der Waals surface area contributed by atoms with E-state index in [2.05, 4.69) is 165 Å². The van der Waals surface area contributed by atoms with Crippen molar-refractivity contribution in [2.24, 2.45) is 0 Å². The lowest BCUT2D eigenvalue weighted by Gasteiger charge is -2.42. The second-order valence-electron chi connectivity index (χ2n) is 14.7. The summed E-state index contributed by atoms with van der Waals surface area (Å²) in [7, 11) is -3.20. The van der Waals surface area contributed by atoms with Gasteiger partial charge in [0, 0.05) is 18.8 Å². The van der Waals surface area contributed by atoms with Crippen LogP contribution in [-0.2, 0) is 0 Å². The van der Waals surface area contributed by atoms with E-state index in [0.29, 0.717) is 0 Å². The maximum Gasteiger partial charge on any atom is 0.107 e. The fourth-order valence-electron chi connectivity index (χ4n) is 9.12. The van der Waals surface area contributed by atoms with Crippen molar-refractivity contribution in [3.63, 3.8) is 0 Å². The van der Waals surface area contributed by atoms with E-state index in [9.17, 15) is 0 Å². The van der Waals surface area contributed by atoms with Gasteiger partial charge < -0.3 is 0 Å². The standard InChI is InChI=1S/C28H46S2Si2.C10H6S2/c1-17(2)31(18(3)4,19(5)6)27-15-23-13-26-24(14-25(23)29-27)16-28(30-26)32(20(7)8,21(9)10)22(11)12;1-3-11-9-6-8-2-4-12-10(8)5-7(1)9/h13-22H,1-12H3;1-6H. The lowest BCUT2D eigenvalue weighted by Crippen LogP contribution is -2.54. The molecule has 0 aliphatic heterocycles. The van der Waals surface area contributed by atoms with Crippen molar-refractivity contribution in [1.82, 2.24) is 0 Å². The maximum absolute atomic E-state index is 2.60. The van der Waals surface area contributed by atoms with Gasteiger partial charge in [0.2, 0.25) is 0 Å². The first-order chi connectivity index (χ1) is 20.7. The van der Waals surface area contributed by atoms with Gasteiger partial charge in [0.25, 0.3) is 0 Å². The number of hydrogen-bond donors (Lipinski definition) is 0. The van der Waals surface area contributed by atoms with Crippen LogP contribution in [0, 0.1) is 0 Å². The molecule has 0 bridgehead atoms. The van der Waals surface area contributed by atoms with E-state index in [1.165, 1.54) is 40.3 Å². The zero-order valence-electron chi connectivity index (χ0n) is 28.9. The predicted octanol–water partition coefficient (Wildman–Crippen LogP) is 14.0. The fourth-order valence-corrected chi connectivity index (χ4v) is 31.0. The van der Waals surface area contributed by atoms with E-state index < -0.39 is 16.1 Å². The molecule has 0 amide bonds. The van der Waals surface area contributed by atoms with Gasteiger partial charge in [-0.2, -0.15) is 0 Å². The molecule has 0 fully saturated rings. The molecule has 0 unspecified atom stereocenters. The fraction of sp³-hybridized carbons (Fsp3) is 0.474. The third kappa shape index (κ3) is 5.64. The quantitative estimate of drug-likeness (QED) is 0.139. The van der Waals surface area contributed by atoms with E-state index in [-0.39, 0.29) is 0 Å². The van der Waals surface area contributed by atoms with Crippen LogP contribution in [0.1, 0.15) is 83.1 Å².